The molecule has 19 heavy (non-hydrogen) atoms. The highest BCUT2D eigenvalue weighted by Crippen LogP contribution is 2.45. The van der Waals surface area contributed by atoms with Crippen molar-refractivity contribution >= 4 is 21.9 Å². The van der Waals surface area contributed by atoms with Crippen molar-refractivity contribution < 1.29 is 19.4 Å². The Morgan fingerprint density at radius 3 is 2.53 bits per heavy atom. The summed E-state index contributed by atoms with van der Waals surface area (Å²) in [5.74, 6) is 0.0684. The van der Waals surface area contributed by atoms with E-state index < -0.39 is 11.9 Å². The first kappa shape index (κ1) is 14.2. The van der Waals surface area contributed by atoms with Crippen molar-refractivity contribution in [1.82, 2.24) is 0 Å². The standard InChI is InChI=1S/C14H17BrO4/c1-7(2)11-9(8(3)14(16)17)6-10-13(12(11)15)19-5-4-18-10/h6-8H,4-5H2,1-3H3,(H,16,17). The van der Waals surface area contributed by atoms with Crippen molar-refractivity contribution in [3.63, 3.8) is 0 Å². The third-order valence-electron chi connectivity index (χ3n) is 3.26. The van der Waals surface area contributed by atoms with Crippen LogP contribution in [0.15, 0.2) is 10.5 Å². The van der Waals surface area contributed by atoms with Gasteiger partial charge >= 0.3 is 5.97 Å². The molecule has 4 nitrogen and oxygen atoms in total. The van der Waals surface area contributed by atoms with Gasteiger partial charge in [-0.2, -0.15) is 0 Å². The lowest BCUT2D eigenvalue weighted by Crippen LogP contribution is -2.18. The minimum atomic E-state index is -0.842. The number of halogens is 1. The number of carboxylic acid groups (broad SMARTS) is 1. The molecule has 0 amide bonds. The maximum absolute atomic E-state index is 11.3. The molecule has 1 unspecified atom stereocenters. The molecule has 0 aliphatic carbocycles. The van der Waals surface area contributed by atoms with Crippen molar-refractivity contribution in [3.05, 3.63) is 21.7 Å². The molecule has 1 aliphatic rings. The fraction of sp³-hybridized carbons (Fsp3) is 0.500. The van der Waals surface area contributed by atoms with Gasteiger partial charge in [-0.05, 0) is 46.0 Å². The van der Waals surface area contributed by atoms with Gasteiger partial charge in [0.05, 0.1) is 10.4 Å². The predicted molar refractivity (Wildman–Crippen MR) is 75.3 cm³/mol. The number of benzene rings is 1. The molecule has 0 fully saturated rings. The zero-order chi connectivity index (χ0) is 14.2. The van der Waals surface area contributed by atoms with Crippen molar-refractivity contribution in [2.45, 2.75) is 32.6 Å². The quantitative estimate of drug-likeness (QED) is 0.922. The average molecular weight is 329 g/mol. The minimum absolute atomic E-state index is 0.196. The summed E-state index contributed by atoms with van der Waals surface area (Å²) in [6.07, 6.45) is 0. The lowest BCUT2D eigenvalue weighted by molar-refractivity contribution is -0.138. The van der Waals surface area contributed by atoms with Crippen LogP contribution in [0, 0.1) is 0 Å². The van der Waals surface area contributed by atoms with Crippen LogP contribution in [0.3, 0.4) is 0 Å². The Balaban J connectivity index is 2.64. The number of aliphatic carboxylic acids is 1. The molecule has 0 saturated heterocycles. The van der Waals surface area contributed by atoms with E-state index in [-0.39, 0.29) is 5.92 Å². The molecule has 0 radical (unpaired) electrons. The molecule has 0 saturated carbocycles. The Hall–Kier alpha value is -1.23. The summed E-state index contributed by atoms with van der Waals surface area (Å²) in [4.78, 5) is 11.3. The molecule has 0 spiro atoms. The Kier molecular flexibility index (Phi) is 4.04. The second-order valence-electron chi connectivity index (χ2n) is 4.93. The second-order valence-corrected chi connectivity index (χ2v) is 5.73. The molecule has 5 heteroatoms. The van der Waals surface area contributed by atoms with Crippen LogP contribution in [0.1, 0.15) is 43.7 Å². The fourth-order valence-electron chi connectivity index (χ4n) is 2.26. The molecule has 1 aliphatic heterocycles. The van der Waals surface area contributed by atoms with Gasteiger partial charge in [-0.3, -0.25) is 4.79 Å². The molecule has 1 aromatic rings. The summed E-state index contributed by atoms with van der Waals surface area (Å²) in [5, 5.41) is 9.25. The summed E-state index contributed by atoms with van der Waals surface area (Å²) in [7, 11) is 0. The maximum atomic E-state index is 11.3. The zero-order valence-corrected chi connectivity index (χ0v) is 12.8. The lowest BCUT2D eigenvalue weighted by atomic mass is 9.89. The molecule has 1 heterocycles. The van der Waals surface area contributed by atoms with Crippen molar-refractivity contribution in [2.75, 3.05) is 13.2 Å². The van der Waals surface area contributed by atoms with Crippen LogP contribution in [0.2, 0.25) is 0 Å². The largest absolute Gasteiger partial charge is 0.486 e. The topological polar surface area (TPSA) is 55.8 Å². The summed E-state index contributed by atoms with van der Waals surface area (Å²) < 4.78 is 12.0. The molecular formula is C14H17BrO4. The van der Waals surface area contributed by atoms with E-state index in [1.165, 1.54) is 0 Å². The number of hydrogen-bond acceptors (Lipinski definition) is 3. The van der Waals surface area contributed by atoms with E-state index in [0.717, 1.165) is 15.6 Å². The van der Waals surface area contributed by atoms with E-state index >= 15 is 0 Å². The predicted octanol–water partition coefficient (Wildman–Crippen LogP) is 3.53. The molecule has 1 aromatic carbocycles. The normalized spacial score (nSPS) is 15.4. The van der Waals surface area contributed by atoms with E-state index in [9.17, 15) is 9.90 Å². The van der Waals surface area contributed by atoms with E-state index in [2.05, 4.69) is 15.9 Å². The van der Waals surface area contributed by atoms with Crippen molar-refractivity contribution in [1.29, 1.82) is 0 Å². The highest BCUT2D eigenvalue weighted by atomic mass is 79.9. The van der Waals surface area contributed by atoms with Gasteiger partial charge in [0, 0.05) is 0 Å². The van der Waals surface area contributed by atoms with Gasteiger partial charge in [0.15, 0.2) is 11.5 Å². The Labute approximate surface area is 120 Å². The van der Waals surface area contributed by atoms with E-state index in [0.29, 0.717) is 24.7 Å². The third kappa shape index (κ3) is 2.56. The van der Waals surface area contributed by atoms with Gasteiger partial charge < -0.3 is 14.6 Å². The monoisotopic (exact) mass is 328 g/mol. The molecule has 1 N–H and O–H groups in total. The second kappa shape index (κ2) is 5.41. The summed E-state index contributed by atoms with van der Waals surface area (Å²) >= 11 is 3.54. The minimum Gasteiger partial charge on any atom is -0.486 e. The first-order valence-electron chi connectivity index (χ1n) is 6.28. The molecule has 0 aromatic heterocycles. The first-order chi connectivity index (χ1) is 8.93. The average Bonchev–Trinajstić information content (AvgIpc) is 2.37. The van der Waals surface area contributed by atoms with E-state index in [1.54, 1.807) is 13.0 Å². The van der Waals surface area contributed by atoms with Crippen LogP contribution in [0.4, 0.5) is 0 Å². The SMILES string of the molecule is CC(C)c1c(C(C)C(=O)O)cc2c(c1Br)OCCO2. The lowest BCUT2D eigenvalue weighted by Gasteiger charge is -2.25. The molecule has 104 valence electrons. The van der Waals surface area contributed by atoms with Gasteiger partial charge in [0.2, 0.25) is 0 Å². The van der Waals surface area contributed by atoms with Gasteiger partial charge in [-0.1, -0.05) is 13.8 Å². The number of carboxylic acids is 1. The maximum Gasteiger partial charge on any atom is 0.310 e. The summed E-state index contributed by atoms with van der Waals surface area (Å²) in [6, 6.07) is 1.80. The van der Waals surface area contributed by atoms with Crippen molar-refractivity contribution in [3.8, 4) is 11.5 Å². The van der Waals surface area contributed by atoms with Crippen LogP contribution in [0.5, 0.6) is 11.5 Å². The molecule has 1 atom stereocenters. The van der Waals surface area contributed by atoms with E-state index in [1.807, 2.05) is 13.8 Å². The fourth-order valence-corrected chi connectivity index (χ4v) is 3.25. The first-order valence-corrected chi connectivity index (χ1v) is 7.07. The molecule has 0 bridgehead atoms. The number of carbonyl (C=O) groups is 1. The Bertz CT molecular complexity index is 511. The Morgan fingerprint density at radius 1 is 1.32 bits per heavy atom. The number of hydrogen-bond donors (Lipinski definition) is 1. The van der Waals surface area contributed by atoms with Gasteiger partial charge in [-0.25, -0.2) is 0 Å². The van der Waals surface area contributed by atoms with Crippen LogP contribution < -0.4 is 9.47 Å². The highest BCUT2D eigenvalue weighted by Gasteiger charge is 2.27. The zero-order valence-electron chi connectivity index (χ0n) is 11.2. The number of ether oxygens (including phenoxy) is 2. The van der Waals surface area contributed by atoms with Gasteiger partial charge in [0.25, 0.3) is 0 Å². The van der Waals surface area contributed by atoms with Crippen LogP contribution in [0.25, 0.3) is 0 Å². The van der Waals surface area contributed by atoms with Crippen LogP contribution >= 0.6 is 15.9 Å². The smallest absolute Gasteiger partial charge is 0.310 e. The number of fused-ring (bicyclic) bond motifs is 1. The van der Waals surface area contributed by atoms with E-state index in [4.69, 9.17) is 9.47 Å². The summed E-state index contributed by atoms with van der Waals surface area (Å²) in [5.41, 5.74) is 1.75. The van der Waals surface area contributed by atoms with Crippen LogP contribution in [-0.4, -0.2) is 24.3 Å². The number of rotatable bonds is 3. The van der Waals surface area contributed by atoms with Gasteiger partial charge in [-0.15, -0.1) is 0 Å². The van der Waals surface area contributed by atoms with Crippen LogP contribution in [-0.2, 0) is 4.79 Å². The summed E-state index contributed by atoms with van der Waals surface area (Å²) in [6.45, 7) is 6.76. The highest BCUT2D eigenvalue weighted by molar-refractivity contribution is 9.10. The molecular weight excluding hydrogens is 312 g/mol. The molecule has 2 rings (SSSR count). The van der Waals surface area contributed by atoms with Gasteiger partial charge in [0.1, 0.15) is 13.2 Å². The third-order valence-corrected chi connectivity index (χ3v) is 4.05. The van der Waals surface area contributed by atoms with Crippen molar-refractivity contribution in [2.24, 2.45) is 0 Å². The Morgan fingerprint density at radius 2 is 1.95 bits per heavy atom.